The molecule has 0 bridgehead atoms. The molecular weight excluding hydrogens is 292 g/mol. The maximum Gasteiger partial charge on any atom is 0.226 e. The normalized spacial score (nSPS) is 15.0. The number of benzene rings is 1. The molecule has 1 aromatic carbocycles. The number of hydrogen-bond donors (Lipinski definition) is 0. The van der Waals surface area contributed by atoms with Crippen LogP contribution in [0.1, 0.15) is 36.5 Å². The Morgan fingerprint density at radius 1 is 1.30 bits per heavy atom. The predicted molar refractivity (Wildman–Crippen MR) is 87.9 cm³/mol. The molecule has 0 N–H and O–H groups in total. The third kappa shape index (κ3) is 2.99. The second kappa shape index (κ2) is 6.69. The summed E-state index contributed by atoms with van der Waals surface area (Å²) in [5, 5.41) is 0. The van der Waals surface area contributed by atoms with Crippen molar-refractivity contribution in [1.82, 2.24) is 9.55 Å². The van der Waals surface area contributed by atoms with Gasteiger partial charge in [-0.2, -0.15) is 0 Å². The molecule has 0 amide bonds. The molecule has 2 aromatic rings. The van der Waals surface area contributed by atoms with Crippen molar-refractivity contribution in [2.24, 2.45) is 0 Å². The lowest BCUT2D eigenvalue weighted by Crippen LogP contribution is -2.02. The van der Waals surface area contributed by atoms with Crippen molar-refractivity contribution in [3.05, 3.63) is 47.6 Å². The van der Waals surface area contributed by atoms with Crippen molar-refractivity contribution in [2.45, 2.75) is 26.8 Å². The highest BCUT2D eigenvalue weighted by Gasteiger charge is 2.26. The van der Waals surface area contributed by atoms with Gasteiger partial charge in [-0.25, -0.2) is 4.98 Å². The summed E-state index contributed by atoms with van der Waals surface area (Å²) in [5.74, 6) is 1.87. The van der Waals surface area contributed by atoms with Gasteiger partial charge in [0.15, 0.2) is 17.3 Å². The molecule has 23 heavy (non-hydrogen) atoms. The van der Waals surface area contributed by atoms with Gasteiger partial charge in [0.1, 0.15) is 0 Å². The highest BCUT2D eigenvalue weighted by molar-refractivity contribution is 6.11. The molecule has 0 spiro atoms. The molecular formula is C18H20N2O3. The van der Waals surface area contributed by atoms with E-state index < -0.39 is 0 Å². The summed E-state index contributed by atoms with van der Waals surface area (Å²) in [5.41, 5.74) is 1.57. The Bertz CT molecular complexity index is 746. The fourth-order valence-corrected chi connectivity index (χ4v) is 2.62. The van der Waals surface area contributed by atoms with Gasteiger partial charge in [-0.05, 0) is 25.5 Å². The molecule has 120 valence electrons. The number of carbonyl (C=O) groups excluding carboxylic acids is 1. The number of carbonyl (C=O) groups is 1. The van der Waals surface area contributed by atoms with Crippen molar-refractivity contribution >= 4 is 11.9 Å². The van der Waals surface area contributed by atoms with Gasteiger partial charge >= 0.3 is 0 Å². The Labute approximate surface area is 135 Å². The van der Waals surface area contributed by atoms with Gasteiger partial charge in [0.25, 0.3) is 0 Å². The number of allylic oxidation sites excluding steroid dienone is 1. The number of hydrogen-bond acceptors (Lipinski definition) is 4. The third-order valence-electron chi connectivity index (χ3n) is 3.64. The molecule has 0 saturated carbocycles. The van der Waals surface area contributed by atoms with Crippen molar-refractivity contribution in [2.75, 3.05) is 13.2 Å². The minimum Gasteiger partial charge on any atom is -0.490 e. The number of rotatable bonds is 6. The van der Waals surface area contributed by atoms with Gasteiger partial charge in [-0.15, -0.1) is 0 Å². The monoisotopic (exact) mass is 312 g/mol. The number of nitrogens with zero attached hydrogens (tertiary/aromatic N) is 2. The second-order valence-electron chi connectivity index (χ2n) is 5.33. The molecule has 1 aliphatic heterocycles. The van der Waals surface area contributed by atoms with E-state index in [-0.39, 0.29) is 5.78 Å². The average molecular weight is 312 g/mol. The lowest BCUT2D eigenvalue weighted by Gasteiger charge is -2.14. The lowest BCUT2D eigenvalue weighted by atomic mass is 10.1. The molecule has 0 unspecified atom stereocenters. The molecule has 5 nitrogen and oxygen atoms in total. The first kappa shape index (κ1) is 15.3. The maximum atomic E-state index is 12.4. The molecule has 0 saturated heterocycles. The molecule has 1 aliphatic rings. The van der Waals surface area contributed by atoms with Crippen LogP contribution in [-0.2, 0) is 6.54 Å². The molecule has 1 aromatic heterocycles. The molecule has 0 atom stereocenters. The first-order chi connectivity index (χ1) is 11.2. The Morgan fingerprint density at radius 2 is 2.17 bits per heavy atom. The molecule has 2 heterocycles. The van der Waals surface area contributed by atoms with Crippen LogP contribution in [0.15, 0.2) is 36.2 Å². The SMILES string of the molecule is CCCOc1c(/C=C2\Cn3ccnc3C2=O)cccc1OCC. The number of aromatic nitrogens is 2. The molecule has 3 rings (SSSR count). The zero-order valence-electron chi connectivity index (χ0n) is 13.4. The van der Waals surface area contributed by atoms with Crippen molar-refractivity contribution < 1.29 is 14.3 Å². The number of ether oxygens (including phenoxy) is 2. The van der Waals surface area contributed by atoms with Gasteiger partial charge in [0.05, 0.1) is 19.8 Å². The van der Waals surface area contributed by atoms with E-state index in [2.05, 4.69) is 11.9 Å². The fourth-order valence-electron chi connectivity index (χ4n) is 2.62. The fraction of sp³-hybridized carbons (Fsp3) is 0.333. The first-order valence-electron chi connectivity index (χ1n) is 7.89. The van der Waals surface area contributed by atoms with E-state index in [0.29, 0.717) is 42.7 Å². The quantitative estimate of drug-likeness (QED) is 0.768. The Hall–Kier alpha value is -2.56. The maximum absolute atomic E-state index is 12.4. The largest absolute Gasteiger partial charge is 0.490 e. The van der Waals surface area contributed by atoms with Gasteiger partial charge < -0.3 is 14.0 Å². The summed E-state index contributed by atoms with van der Waals surface area (Å²) in [6.45, 7) is 5.71. The topological polar surface area (TPSA) is 53.4 Å². The number of Topliss-reactive ketones (excluding diaryl/α,β-unsaturated/α-hetero) is 1. The van der Waals surface area contributed by atoms with Crippen molar-refractivity contribution in [3.63, 3.8) is 0 Å². The van der Waals surface area contributed by atoms with Crippen LogP contribution >= 0.6 is 0 Å². The number of imidazole rings is 1. The van der Waals surface area contributed by atoms with E-state index in [1.165, 1.54) is 0 Å². The Balaban J connectivity index is 1.96. The van der Waals surface area contributed by atoms with Crippen molar-refractivity contribution in [1.29, 1.82) is 0 Å². The standard InChI is InChI=1S/C18H20N2O3/c1-3-10-23-17-13(6-5-7-15(17)22-4-2)11-14-12-20-9-8-19-18(20)16(14)21/h5-9,11H,3-4,10,12H2,1-2H3/b14-11+. The van der Waals surface area contributed by atoms with E-state index in [1.807, 2.05) is 42.0 Å². The van der Waals surface area contributed by atoms with E-state index in [1.54, 1.807) is 6.20 Å². The summed E-state index contributed by atoms with van der Waals surface area (Å²) >= 11 is 0. The minimum absolute atomic E-state index is 0.0294. The zero-order chi connectivity index (χ0) is 16.2. The number of ketones is 1. The Kier molecular flexibility index (Phi) is 4.46. The third-order valence-corrected chi connectivity index (χ3v) is 3.64. The van der Waals surface area contributed by atoms with Crippen LogP contribution in [0, 0.1) is 0 Å². The summed E-state index contributed by atoms with van der Waals surface area (Å²) < 4.78 is 13.4. The van der Waals surface area contributed by atoms with Crippen LogP contribution in [-0.4, -0.2) is 28.5 Å². The molecule has 5 heteroatoms. The minimum atomic E-state index is -0.0294. The molecule has 0 fully saturated rings. The Morgan fingerprint density at radius 3 is 2.91 bits per heavy atom. The summed E-state index contributed by atoms with van der Waals surface area (Å²) in [4.78, 5) is 16.5. The highest BCUT2D eigenvalue weighted by atomic mass is 16.5. The molecule has 0 aliphatic carbocycles. The van der Waals surface area contributed by atoms with E-state index in [0.717, 1.165) is 12.0 Å². The lowest BCUT2D eigenvalue weighted by molar-refractivity contribution is 0.103. The zero-order valence-corrected chi connectivity index (χ0v) is 13.4. The summed E-state index contributed by atoms with van der Waals surface area (Å²) in [7, 11) is 0. The van der Waals surface area contributed by atoms with Crippen LogP contribution < -0.4 is 9.47 Å². The van der Waals surface area contributed by atoms with Crippen molar-refractivity contribution in [3.8, 4) is 11.5 Å². The smallest absolute Gasteiger partial charge is 0.226 e. The van der Waals surface area contributed by atoms with Gasteiger partial charge in [0.2, 0.25) is 5.78 Å². The van der Waals surface area contributed by atoms with Crippen LogP contribution in [0.5, 0.6) is 11.5 Å². The second-order valence-corrected chi connectivity index (χ2v) is 5.33. The number of para-hydroxylation sites is 1. The van der Waals surface area contributed by atoms with E-state index in [9.17, 15) is 4.79 Å². The summed E-state index contributed by atoms with van der Waals surface area (Å²) in [6, 6.07) is 5.74. The van der Waals surface area contributed by atoms with Crippen LogP contribution in [0.4, 0.5) is 0 Å². The molecule has 0 radical (unpaired) electrons. The summed E-state index contributed by atoms with van der Waals surface area (Å²) in [6.07, 6.45) is 6.25. The van der Waals surface area contributed by atoms with Crippen LogP contribution in [0.3, 0.4) is 0 Å². The number of fused-ring (bicyclic) bond motifs is 1. The predicted octanol–water partition coefficient (Wildman–Crippen LogP) is 3.35. The van der Waals surface area contributed by atoms with Crippen LogP contribution in [0.2, 0.25) is 0 Å². The first-order valence-corrected chi connectivity index (χ1v) is 7.89. The highest BCUT2D eigenvalue weighted by Crippen LogP contribution is 2.34. The van der Waals surface area contributed by atoms with E-state index >= 15 is 0 Å². The van der Waals surface area contributed by atoms with Gasteiger partial charge in [-0.1, -0.05) is 19.1 Å². The van der Waals surface area contributed by atoms with Gasteiger partial charge in [0, 0.05) is 23.5 Å². The van der Waals surface area contributed by atoms with Gasteiger partial charge in [-0.3, -0.25) is 4.79 Å². The van der Waals surface area contributed by atoms with Crippen LogP contribution in [0.25, 0.3) is 6.08 Å². The van der Waals surface area contributed by atoms with E-state index in [4.69, 9.17) is 9.47 Å². The average Bonchev–Trinajstić information content (AvgIpc) is 3.11.